The fraction of sp³-hybridized carbons (Fsp3) is 0.318. The van der Waals surface area contributed by atoms with Gasteiger partial charge in [0.05, 0.1) is 17.5 Å². The van der Waals surface area contributed by atoms with Gasteiger partial charge in [0.15, 0.2) is 5.69 Å². The summed E-state index contributed by atoms with van der Waals surface area (Å²) in [5.74, 6) is 0.508. The topological polar surface area (TPSA) is 95.1 Å². The molecule has 0 saturated carbocycles. The van der Waals surface area contributed by atoms with Crippen LogP contribution in [-0.2, 0) is 6.42 Å². The van der Waals surface area contributed by atoms with Crippen LogP contribution in [0.4, 0.5) is 0 Å². The molecular formula is C22H28ClN5O2. The first-order chi connectivity index (χ1) is 14.0. The van der Waals surface area contributed by atoms with Crippen LogP contribution in [0.1, 0.15) is 48.6 Å². The highest BCUT2D eigenvalue weighted by atomic mass is 35.5. The SMILES string of the molecule is CCc1c(C(=O)NCC(N)c2ccccc2)nnn1-c1ccc(OC(C)C)cc1.Cl. The monoisotopic (exact) mass is 429 g/mol. The maximum Gasteiger partial charge on any atom is 0.273 e. The molecule has 1 heterocycles. The lowest BCUT2D eigenvalue weighted by molar-refractivity contribution is 0.0945. The lowest BCUT2D eigenvalue weighted by Gasteiger charge is -2.13. The first-order valence-corrected chi connectivity index (χ1v) is 9.80. The minimum atomic E-state index is -0.284. The smallest absolute Gasteiger partial charge is 0.273 e. The molecule has 3 N–H and O–H groups in total. The van der Waals surface area contributed by atoms with Gasteiger partial charge in [0.1, 0.15) is 5.75 Å². The van der Waals surface area contributed by atoms with Gasteiger partial charge in [-0.2, -0.15) is 0 Å². The van der Waals surface area contributed by atoms with Crippen LogP contribution in [0.2, 0.25) is 0 Å². The number of carbonyl (C=O) groups is 1. The highest BCUT2D eigenvalue weighted by molar-refractivity contribution is 5.93. The highest BCUT2D eigenvalue weighted by Gasteiger charge is 2.20. The molecule has 0 bridgehead atoms. The van der Waals surface area contributed by atoms with E-state index in [0.717, 1.165) is 22.7 Å². The van der Waals surface area contributed by atoms with Crippen LogP contribution in [0, 0.1) is 0 Å². The molecule has 0 saturated heterocycles. The van der Waals surface area contributed by atoms with Crippen LogP contribution in [0.25, 0.3) is 5.69 Å². The summed E-state index contributed by atoms with van der Waals surface area (Å²) in [5, 5.41) is 11.2. The molecule has 0 aliphatic heterocycles. The summed E-state index contributed by atoms with van der Waals surface area (Å²) >= 11 is 0. The maximum atomic E-state index is 12.7. The second-order valence-electron chi connectivity index (χ2n) is 7.04. The molecule has 0 radical (unpaired) electrons. The molecule has 0 spiro atoms. The molecule has 1 aromatic heterocycles. The summed E-state index contributed by atoms with van der Waals surface area (Å²) < 4.78 is 7.36. The first-order valence-electron chi connectivity index (χ1n) is 9.80. The van der Waals surface area contributed by atoms with E-state index in [2.05, 4.69) is 15.6 Å². The Bertz CT molecular complexity index is 942. The Hall–Kier alpha value is -2.90. The molecular weight excluding hydrogens is 402 g/mol. The third kappa shape index (κ3) is 5.58. The zero-order valence-corrected chi connectivity index (χ0v) is 18.2. The Morgan fingerprint density at radius 2 is 1.80 bits per heavy atom. The third-order valence-electron chi connectivity index (χ3n) is 4.48. The number of hydrogen-bond acceptors (Lipinski definition) is 5. The Kier molecular flexibility index (Phi) is 8.38. The van der Waals surface area contributed by atoms with Gasteiger partial charge >= 0.3 is 0 Å². The molecule has 1 amide bonds. The van der Waals surface area contributed by atoms with Crippen LogP contribution in [0.5, 0.6) is 5.75 Å². The zero-order chi connectivity index (χ0) is 20.8. The average Bonchev–Trinajstić information content (AvgIpc) is 3.16. The number of halogens is 1. The number of carbonyl (C=O) groups excluding carboxylic acids is 1. The van der Waals surface area contributed by atoms with E-state index in [0.29, 0.717) is 18.7 Å². The summed E-state index contributed by atoms with van der Waals surface area (Å²) in [6, 6.07) is 17.0. The van der Waals surface area contributed by atoms with Gasteiger partial charge in [-0.25, -0.2) is 4.68 Å². The van der Waals surface area contributed by atoms with E-state index in [1.54, 1.807) is 4.68 Å². The van der Waals surface area contributed by atoms with Gasteiger partial charge in [0.25, 0.3) is 5.91 Å². The molecule has 30 heavy (non-hydrogen) atoms. The molecule has 8 heteroatoms. The van der Waals surface area contributed by atoms with E-state index >= 15 is 0 Å². The fourth-order valence-electron chi connectivity index (χ4n) is 3.05. The second kappa shape index (κ2) is 10.8. The number of nitrogens with zero attached hydrogens (tertiary/aromatic N) is 3. The van der Waals surface area contributed by atoms with Gasteiger partial charge in [-0.3, -0.25) is 4.79 Å². The van der Waals surface area contributed by atoms with E-state index in [-0.39, 0.29) is 30.5 Å². The van der Waals surface area contributed by atoms with Crippen molar-refractivity contribution in [1.82, 2.24) is 20.3 Å². The summed E-state index contributed by atoms with van der Waals surface area (Å²) in [5.41, 5.74) is 9.02. The van der Waals surface area contributed by atoms with Crippen molar-refractivity contribution in [3.8, 4) is 11.4 Å². The van der Waals surface area contributed by atoms with Crippen molar-refractivity contribution in [3.05, 3.63) is 71.5 Å². The van der Waals surface area contributed by atoms with Crippen LogP contribution in [0.15, 0.2) is 54.6 Å². The summed E-state index contributed by atoms with van der Waals surface area (Å²) in [6.45, 7) is 6.25. The van der Waals surface area contributed by atoms with Crippen LogP contribution >= 0.6 is 12.4 Å². The van der Waals surface area contributed by atoms with Crippen LogP contribution in [-0.4, -0.2) is 33.5 Å². The second-order valence-corrected chi connectivity index (χ2v) is 7.04. The standard InChI is InChI=1S/C22H27N5O2.ClH/c1-4-20-21(22(28)24-14-19(23)16-8-6-5-7-9-16)25-26-27(20)17-10-12-18(13-11-17)29-15(2)3;/h5-13,15,19H,4,14,23H2,1-3H3,(H,24,28);1H. The largest absolute Gasteiger partial charge is 0.491 e. The van der Waals surface area contributed by atoms with E-state index < -0.39 is 0 Å². The number of nitrogens with two attached hydrogens (primary N) is 1. The third-order valence-corrected chi connectivity index (χ3v) is 4.48. The predicted molar refractivity (Wildman–Crippen MR) is 119 cm³/mol. The molecule has 0 aliphatic rings. The number of ether oxygens (including phenoxy) is 1. The van der Waals surface area contributed by atoms with Crippen LogP contribution < -0.4 is 15.8 Å². The van der Waals surface area contributed by atoms with Gasteiger partial charge in [0, 0.05) is 12.6 Å². The number of aromatic nitrogens is 3. The Balaban J connectivity index is 0.00000320. The van der Waals surface area contributed by atoms with Crippen molar-refractivity contribution in [3.63, 3.8) is 0 Å². The number of benzene rings is 2. The minimum absolute atomic E-state index is 0. The molecule has 3 aromatic rings. The number of nitrogens with one attached hydrogen (secondary N) is 1. The summed E-state index contributed by atoms with van der Waals surface area (Å²) in [4.78, 5) is 12.7. The molecule has 2 aromatic carbocycles. The van der Waals surface area contributed by atoms with E-state index in [4.69, 9.17) is 10.5 Å². The Morgan fingerprint density at radius 3 is 2.40 bits per heavy atom. The number of hydrogen-bond donors (Lipinski definition) is 2. The zero-order valence-electron chi connectivity index (χ0n) is 17.4. The lowest BCUT2D eigenvalue weighted by Crippen LogP contribution is -2.32. The molecule has 0 fully saturated rings. The summed E-state index contributed by atoms with van der Waals surface area (Å²) in [7, 11) is 0. The fourth-order valence-corrected chi connectivity index (χ4v) is 3.05. The van der Waals surface area contributed by atoms with Gasteiger partial charge in [-0.1, -0.05) is 42.5 Å². The average molecular weight is 430 g/mol. The predicted octanol–water partition coefficient (Wildman–Crippen LogP) is 3.47. The van der Waals surface area contributed by atoms with Crippen molar-refractivity contribution < 1.29 is 9.53 Å². The van der Waals surface area contributed by atoms with Crippen molar-refractivity contribution in [2.24, 2.45) is 5.73 Å². The van der Waals surface area contributed by atoms with Crippen molar-refractivity contribution in [1.29, 1.82) is 0 Å². The van der Waals surface area contributed by atoms with Gasteiger partial charge in [-0.05, 0) is 50.1 Å². The number of rotatable bonds is 8. The Morgan fingerprint density at radius 1 is 1.13 bits per heavy atom. The molecule has 1 atom stereocenters. The molecule has 3 rings (SSSR count). The van der Waals surface area contributed by atoms with Crippen molar-refractivity contribution in [2.75, 3.05) is 6.54 Å². The van der Waals surface area contributed by atoms with E-state index in [1.165, 1.54) is 0 Å². The van der Waals surface area contributed by atoms with Crippen molar-refractivity contribution in [2.45, 2.75) is 39.3 Å². The van der Waals surface area contributed by atoms with Gasteiger partial charge in [-0.15, -0.1) is 17.5 Å². The minimum Gasteiger partial charge on any atom is -0.491 e. The molecule has 7 nitrogen and oxygen atoms in total. The van der Waals surface area contributed by atoms with Crippen molar-refractivity contribution >= 4 is 18.3 Å². The Labute approximate surface area is 183 Å². The quantitative estimate of drug-likeness (QED) is 0.571. The summed E-state index contributed by atoms with van der Waals surface area (Å²) in [6.07, 6.45) is 0.723. The van der Waals surface area contributed by atoms with Gasteiger partial charge in [0.2, 0.25) is 0 Å². The lowest BCUT2D eigenvalue weighted by atomic mass is 10.1. The maximum absolute atomic E-state index is 12.7. The number of amides is 1. The van der Waals surface area contributed by atoms with Crippen LogP contribution in [0.3, 0.4) is 0 Å². The molecule has 160 valence electrons. The molecule has 1 unspecified atom stereocenters. The van der Waals surface area contributed by atoms with E-state index in [9.17, 15) is 4.79 Å². The molecule has 0 aliphatic carbocycles. The van der Waals surface area contributed by atoms with E-state index in [1.807, 2.05) is 75.4 Å². The first kappa shape index (κ1) is 23.4. The normalized spacial score (nSPS) is 11.6. The van der Waals surface area contributed by atoms with Gasteiger partial charge < -0.3 is 15.8 Å². The highest BCUT2D eigenvalue weighted by Crippen LogP contribution is 2.19.